The number of thiophene rings is 1. The van der Waals surface area contributed by atoms with Crippen LogP contribution in [0.1, 0.15) is 10.7 Å². The molecule has 0 fully saturated rings. The van der Waals surface area contributed by atoms with Gasteiger partial charge in [-0.3, -0.25) is 0 Å². The molecule has 0 spiro atoms. The van der Waals surface area contributed by atoms with E-state index >= 15 is 0 Å². The van der Waals surface area contributed by atoms with Crippen molar-refractivity contribution in [1.29, 1.82) is 0 Å². The number of hydrogen-bond donors (Lipinski definition) is 1. The molecular weight excluding hydrogens is 366 g/mol. The van der Waals surface area contributed by atoms with Gasteiger partial charge in [0, 0.05) is 9.17 Å². The highest BCUT2D eigenvalue weighted by Crippen LogP contribution is 2.23. The molecule has 0 atom stereocenters. The maximum Gasteiger partial charge on any atom is 0.392 e. The number of carbonyl (C=O) groups is 1. The highest BCUT2D eigenvalue weighted by Gasteiger charge is 2.10. The van der Waals surface area contributed by atoms with E-state index in [-0.39, 0.29) is 5.89 Å². The molecule has 4 nitrogen and oxygen atoms in total. The number of carboxylic acid groups (broad SMARTS) is 1. The molecule has 4 rings (SSSR count). The second kappa shape index (κ2) is 6.29. The summed E-state index contributed by atoms with van der Waals surface area (Å²) < 4.78 is 7.42. The van der Waals surface area contributed by atoms with Gasteiger partial charge in [0.25, 0.3) is 0 Å². The number of rotatable bonds is 1. The molecular formula is C16H10BrNO3S. The van der Waals surface area contributed by atoms with E-state index in [1.54, 1.807) is 35.6 Å². The quantitative estimate of drug-likeness (QED) is 0.497. The van der Waals surface area contributed by atoms with Gasteiger partial charge >= 0.3 is 11.9 Å². The molecule has 0 bridgehead atoms. The maximum atomic E-state index is 10.4. The van der Waals surface area contributed by atoms with Gasteiger partial charge in [0.15, 0.2) is 5.58 Å². The Hall–Kier alpha value is -2.18. The molecule has 2 aromatic carbocycles. The molecule has 0 unspecified atom stereocenters. The zero-order valence-electron chi connectivity index (χ0n) is 11.2. The molecule has 110 valence electrons. The van der Waals surface area contributed by atoms with E-state index in [2.05, 4.69) is 50.6 Å². The van der Waals surface area contributed by atoms with Crippen LogP contribution in [0.15, 0.2) is 62.8 Å². The highest BCUT2D eigenvalue weighted by atomic mass is 79.9. The van der Waals surface area contributed by atoms with Crippen LogP contribution in [-0.4, -0.2) is 16.1 Å². The van der Waals surface area contributed by atoms with E-state index in [0.29, 0.717) is 11.1 Å². The second-order valence-corrected chi connectivity index (χ2v) is 6.26. The lowest BCUT2D eigenvalue weighted by Crippen LogP contribution is -1.94. The van der Waals surface area contributed by atoms with Crippen LogP contribution < -0.4 is 0 Å². The SMILES string of the molecule is Brc1ccc2sccc2c1.O=C(O)c1nc2ccccc2o1. The monoisotopic (exact) mass is 375 g/mol. The Bertz CT molecular complexity index is 912. The smallest absolute Gasteiger partial charge is 0.392 e. The number of nitrogens with zero attached hydrogens (tertiary/aromatic N) is 1. The van der Waals surface area contributed by atoms with E-state index in [1.165, 1.54) is 10.1 Å². The molecule has 4 aromatic rings. The molecule has 2 heterocycles. The summed E-state index contributed by atoms with van der Waals surface area (Å²) in [7, 11) is 0. The summed E-state index contributed by atoms with van der Waals surface area (Å²) >= 11 is 5.20. The second-order valence-electron chi connectivity index (χ2n) is 4.39. The van der Waals surface area contributed by atoms with Gasteiger partial charge in [-0.15, -0.1) is 11.3 Å². The molecule has 22 heavy (non-hydrogen) atoms. The first-order valence-electron chi connectivity index (χ1n) is 6.35. The third-order valence-electron chi connectivity index (χ3n) is 2.89. The Morgan fingerprint density at radius 1 is 1.18 bits per heavy atom. The lowest BCUT2D eigenvalue weighted by atomic mass is 10.3. The molecule has 2 aromatic heterocycles. The summed E-state index contributed by atoms with van der Waals surface area (Å²) in [4.78, 5) is 14.2. The first kappa shape index (κ1) is 14.7. The topological polar surface area (TPSA) is 63.3 Å². The van der Waals surface area contributed by atoms with Crippen LogP contribution in [0.4, 0.5) is 0 Å². The molecule has 0 amide bonds. The van der Waals surface area contributed by atoms with Crippen LogP contribution in [-0.2, 0) is 0 Å². The largest absolute Gasteiger partial charge is 0.474 e. The molecule has 6 heteroatoms. The minimum atomic E-state index is -1.15. The number of carboxylic acids is 1. The van der Waals surface area contributed by atoms with E-state index in [4.69, 9.17) is 9.52 Å². The van der Waals surface area contributed by atoms with E-state index in [1.807, 2.05) is 0 Å². The summed E-state index contributed by atoms with van der Waals surface area (Å²) in [6.45, 7) is 0. The molecule has 0 saturated heterocycles. The number of benzene rings is 2. The maximum absolute atomic E-state index is 10.4. The Labute approximate surface area is 138 Å². The zero-order valence-corrected chi connectivity index (χ0v) is 13.6. The normalized spacial score (nSPS) is 10.4. The number of para-hydroxylation sites is 2. The summed E-state index contributed by atoms with van der Waals surface area (Å²) in [5.74, 6) is -1.41. The third-order valence-corrected chi connectivity index (χ3v) is 4.28. The molecule has 1 N–H and O–H groups in total. The van der Waals surface area contributed by atoms with E-state index < -0.39 is 5.97 Å². The fourth-order valence-corrected chi connectivity index (χ4v) is 3.05. The van der Waals surface area contributed by atoms with Gasteiger partial charge in [-0.1, -0.05) is 28.1 Å². The van der Waals surface area contributed by atoms with Crippen LogP contribution in [0.5, 0.6) is 0 Å². The molecule has 0 aliphatic carbocycles. The number of oxazole rings is 1. The van der Waals surface area contributed by atoms with Crippen molar-refractivity contribution in [3.63, 3.8) is 0 Å². The first-order valence-corrected chi connectivity index (χ1v) is 8.02. The lowest BCUT2D eigenvalue weighted by molar-refractivity contribution is 0.0656. The summed E-state index contributed by atoms with van der Waals surface area (Å²) in [5, 5.41) is 12.0. The minimum absolute atomic E-state index is 0.267. The van der Waals surface area contributed by atoms with Gasteiger partial charge in [-0.05, 0) is 47.2 Å². The fraction of sp³-hybridized carbons (Fsp3) is 0. The Kier molecular flexibility index (Phi) is 4.22. The van der Waals surface area contributed by atoms with Crippen molar-refractivity contribution in [3.05, 3.63) is 64.3 Å². The first-order chi connectivity index (χ1) is 10.6. The summed E-state index contributed by atoms with van der Waals surface area (Å²) in [6.07, 6.45) is 0. The van der Waals surface area contributed by atoms with Crippen LogP contribution >= 0.6 is 27.3 Å². The van der Waals surface area contributed by atoms with Crippen molar-refractivity contribution >= 4 is 54.4 Å². The Morgan fingerprint density at radius 2 is 2.00 bits per heavy atom. The summed E-state index contributed by atoms with van der Waals surface area (Å²) in [6, 6.07) is 15.4. The predicted molar refractivity (Wildman–Crippen MR) is 90.5 cm³/mol. The Balaban J connectivity index is 0.000000133. The van der Waals surface area contributed by atoms with Gasteiger partial charge in [0.1, 0.15) is 5.52 Å². The highest BCUT2D eigenvalue weighted by molar-refractivity contribution is 9.10. The van der Waals surface area contributed by atoms with Crippen molar-refractivity contribution in [1.82, 2.24) is 4.98 Å². The van der Waals surface area contributed by atoms with Gasteiger partial charge in [-0.2, -0.15) is 0 Å². The van der Waals surface area contributed by atoms with Gasteiger partial charge in [0.05, 0.1) is 0 Å². The summed E-state index contributed by atoms with van der Waals surface area (Å²) in [5.41, 5.74) is 1.06. The van der Waals surface area contributed by atoms with Crippen LogP contribution in [0.25, 0.3) is 21.2 Å². The van der Waals surface area contributed by atoms with Crippen molar-refractivity contribution in [2.45, 2.75) is 0 Å². The van der Waals surface area contributed by atoms with E-state index in [0.717, 1.165) is 4.47 Å². The number of aromatic nitrogens is 1. The van der Waals surface area contributed by atoms with Crippen molar-refractivity contribution in [2.24, 2.45) is 0 Å². The van der Waals surface area contributed by atoms with Gasteiger partial charge < -0.3 is 9.52 Å². The van der Waals surface area contributed by atoms with Gasteiger partial charge in [-0.25, -0.2) is 9.78 Å². The minimum Gasteiger partial charge on any atom is -0.474 e. The molecule has 0 saturated carbocycles. The van der Waals surface area contributed by atoms with Crippen molar-refractivity contribution in [2.75, 3.05) is 0 Å². The predicted octanol–water partition coefficient (Wildman–Crippen LogP) is 5.19. The standard InChI is InChI=1S/C8H5BrS.C8H5NO3/c9-7-1-2-8-6(5-7)3-4-10-8;10-8(11)7-9-5-3-1-2-4-6(5)12-7/h1-5H;1-4H,(H,10,11). The number of fused-ring (bicyclic) bond motifs is 2. The van der Waals surface area contributed by atoms with Crippen LogP contribution in [0, 0.1) is 0 Å². The molecule has 0 aliphatic heterocycles. The molecule has 0 aliphatic rings. The average Bonchev–Trinajstić information content (AvgIpc) is 3.13. The number of halogens is 1. The average molecular weight is 376 g/mol. The Morgan fingerprint density at radius 3 is 2.77 bits per heavy atom. The number of hydrogen-bond acceptors (Lipinski definition) is 4. The van der Waals surface area contributed by atoms with E-state index in [9.17, 15) is 4.79 Å². The third kappa shape index (κ3) is 3.18. The van der Waals surface area contributed by atoms with Crippen LogP contribution in [0.2, 0.25) is 0 Å². The lowest BCUT2D eigenvalue weighted by Gasteiger charge is -1.88. The zero-order chi connectivity index (χ0) is 15.5. The molecule has 0 radical (unpaired) electrons. The van der Waals surface area contributed by atoms with Crippen molar-refractivity contribution < 1.29 is 14.3 Å². The van der Waals surface area contributed by atoms with Crippen molar-refractivity contribution in [3.8, 4) is 0 Å². The van der Waals surface area contributed by atoms with Gasteiger partial charge in [0.2, 0.25) is 0 Å². The van der Waals surface area contributed by atoms with Crippen LogP contribution in [0.3, 0.4) is 0 Å². The fourth-order valence-electron chi connectivity index (χ4n) is 1.90. The number of aromatic carboxylic acids is 1.